The van der Waals surface area contributed by atoms with E-state index in [0.717, 1.165) is 23.5 Å². The smallest absolute Gasteiger partial charge is 0.125 e. The van der Waals surface area contributed by atoms with E-state index in [0.29, 0.717) is 13.2 Å². The molecule has 0 radical (unpaired) electrons. The minimum atomic E-state index is 0.234. The van der Waals surface area contributed by atoms with Crippen LogP contribution in [0.1, 0.15) is 34.6 Å². The highest BCUT2D eigenvalue weighted by Gasteiger charge is 2.15. The van der Waals surface area contributed by atoms with Crippen LogP contribution in [-0.4, -0.2) is 20.3 Å². The van der Waals surface area contributed by atoms with Crippen LogP contribution in [0.25, 0.3) is 0 Å². The molecule has 2 aromatic rings. The second-order valence-corrected chi connectivity index (χ2v) is 6.04. The van der Waals surface area contributed by atoms with Crippen molar-refractivity contribution in [2.75, 3.05) is 20.3 Å². The maximum Gasteiger partial charge on any atom is 0.125 e. The van der Waals surface area contributed by atoms with Crippen molar-refractivity contribution in [2.24, 2.45) is 5.73 Å². The van der Waals surface area contributed by atoms with Crippen molar-refractivity contribution in [1.29, 1.82) is 0 Å². The summed E-state index contributed by atoms with van der Waals surface area (Å²) in [6, 6.07) is 12.4. The van der Waals surface area contributed by atoms with Crippen LogP contribution in [0.3, 0.4) is 0 Å². The van der Waals surface area contributed by atoms with Crippen LogP contribution in [0, 0.1) is 20.8 Å². The first-order valence-electron chi connectivity index (χ1n) is 8.10. The van der Waals surface area contributed by atoms with E-state index in [9.17, 15) is 0 Å². The van der Waals surface area contributed by atoms with Gasteiger partial charge in [0.05, 0.1) is 13.7 Å². The van der Waals surface area contributed by atoms with Crippen molar-refractivity contribution in [3.63, 3.8) is 0 Å². The molecule has 1 unspecified atom stereocenters. The van der Waals surface area contributed by atoms with Crippen molar-refractivity contribution in [3.8, 4) is 11.5 Å². The van der Waals surface area contributed by atoms with E-state index in [1.54, 1.807) is 7.11 Å². The van der Waals surface area contributed by atoms with Gasteiger partial charge in [-0.3, -0.25) is 0 Å². The van der Waals surface area contributed by atoms with Gasteiger partial charge >= 0.3 is 0 Å². The molecule has 0 amide bonds. The molecule has 2 aromatic carbocycles. The first-order valence-corrected chi connectivity index (χ1v) is 8.10. The molecule has 2 rings (SSSR count). The standard InChI is InChI=1S/C20H27NO2/c1-14-11-15(2)20(16(3)12-14)23-10-9-17(13-21)18-7-5-6-8-19(18)22-4/h5-8,11-12,17H,9-10,13,21H2,1-4H3. The minimum Gasteiger partial charge on any atom is -0.496 e. The first kappa shape index (κ1) is 17.4. The van der Waals surface area contributed by atoms with E-state index in [1.165, 1.54) is 16.7 Å². The average molecular weight is 313 g/mol. The average Bonchev–Trinajstić information content (AvgIpc) is 2.53. The molecule has 124 valence electrons. The van der Waals surface area contributed by atoms with Gasteiger partial charge in [-0.15, -0.1) is 0 Å². The molecule has 0 aromatic heterocycles. The number of ether oxygens (including phenoxy) is 2. The lowest BCUT2D eigenvalue weighted by molar-refractivity contribution is 0.293. The van der Waals surface area contributed by atoms with Gasteiger partial charge in [0, 0.05) is 5.92 Å². The summed E-state index contributed by atoms with van der Waals surface area (Å²) in [6.45, 7) is 7.52. The number of benzene rings is 2. The van der Waals surface area contributed by atoms with E-state index < -0.39 is 0 Å². The molecule has 1 atom stereocenters. The zero-order valence-electron chi connectivity index (χ0n) is 14.6. The summed E-state index contributed by atoms with van der Waals surface area (Å²) in [7, 11) is 1.70. The van der Waals surface area contributed by atoms with Crippen molar-refractivity contribution in [3.05, 3.63) is 58.7 Å². The monoisotopic (exact) mass is 313 g/mol. The molecule has 0 aliphatic carbocycles. The summed E-state index contributed by atoms with van der Waals surface area (Å²) >= 11 is 0. The summed E-state index contributed by atoms with van der Waals surface area (Å²) in [6.07, 6.45) is 0.865. The summed E-state index contributed by atoms with van der Waals surface area (Å²) < 4.78 is 11.5. The van der Waals surface area contributed by atoms with Crippen LogP contribution < -0.4 is 15.2 Å². The third-order valence-electron chi connectivity index (χ3n) is 4.18. The van der Waals surface area contributed by atoms with Crippen molar-refractivity contribution >= 4 is 0 Å². The fourth-order valence-corrected chi connectivity index (χ4v) is 3.10. The predicted molar refractivity (Wildman–Crippen MR) is 95.6 cm³/mol. The summed E-state index contributed by atoms with van der Waals surface area (Å²) in [5.41, 5.74) is 10.8. The Balaban J connectivity index is 2.05. The van der Waals surface area contributed by atoms with Crippen LogP contribution in [0.4, 0.5) is 0 Å². The third kappa shape index (κ3) is 4.26. The van der Waals surface area contributed by atoms with Gasteiger partial charge in [-0.05, 0) is 56.5 Å². The Morgan fingerprint density at radius 1 is 1.04 bits per heavy atom. The molecule has 0 saturated carbocycles. The molecule has 0 aliphatic heterocycles. The number of aryl methyl sites for hydroxylation is 3. The number of hydrogen-bond donors (Lipinski definition) is 1. The van der Waals surface area contributed by atoms with Gasteiger partial charge in [0.1, 0.15) is 11.5 Å². The van der Waals surface area contributed by atoms with Gasteiger partial charge in [0.2, 0.25) is 0 Å². The van der Waals surface area contributed by atoms with E-state index in [2.05, 4.69) is 39.0 Å². The zero-order chi connectivity index (χ0) is 16.8. The molecule has 0 fully saturated rings. The molecular weight excluding hydrogens is 286 g/mol. The Morgan fingerprint density at radius 2 is 1.70 bits per heavy atom. The Kier molecular flexibility index (Phi) is 6.05. The molecule has 0 aliphatic rings. The van der Waals surface area contributed by atoms with E-state index in [-0.39, 0.29) is 5.92 Å². The Labute approximate surface area is 139 Å². The Hall–Kier alpha value is -2.00. The molecule has 3 heteroatoms. The quantitative estimate of drug-likeness (QED) is 0.836. The fourth-order valence-electron chi connectivity index (χ4n) is 3.10. The molecule has 2 N–H and O–H groups in total. The summed E-state index contributed by atoms with van der Waals surface area (Å²) in [4.78, 5) is 0. The lowest BCUT2D eigenvalue weighted by Gasteiger charge is -2.19. The molecule has 0 saturated heterocycles. The highest BCUT2D eigenvalue weighted by atomic mass is 16.5. The second kappa shape index (κ2) is 8.02. The number of methoxy groups -OCH3 is 1. The fraction of sp³-hybridized carbons (Fsp3) is 0.400. The summed E-state index contributed by atoms with van der Waals surface area (Å²) in [5.74, 6) is 2.12. The molecular formula is C20H27NO2. The molecule has 3 nitrogen and oxygen atoms in total. The van der Waals surface area contributed by atoms with Crippen LogP contribution >= 0.6 is 0 Å². The molecule has 0 spiro atoms. The van der Waals surface area contributed by atoms with E-state index >= 15 is 0 Å². The van der Waals surface area contributed by atoms with Gasteiger partial charge in [0.15, 0.2) is 0 Å². The highest BCUT2D eigenvalue weighted by molar-refractivity contribution is 5.43. The van der Waals surface area contributed by atoms with Crippen LogP contribution in [-0.2, 0) is 0 Å². The molecule has 23 heavy (non-hydrogen) atoms. The lowest BCUT2D eigenvalue weighted by Crippen LogP contribution is -2.16. The van der Waals surface area contributed by atoms with Crippen LogP contribution in [0.15, 0.2) is 36.4 Å². The van der Waals surface area contributed by atoms with Crippen LogP contribution in [0.2, 0.25) is 0 Å². The Bertz CT molecular complexity index is 629. The largest absolute Gasteiger partial charge is 0.496 e. The number of hydrogen-bond acceptors (Lipinski definition) is 3. The second-order valence-electron chi connectivity index (χ2n) is 6.04. The predicted octanol–water partition coefficient (Wildman–Crippen LogP) is 4.13. The van der Waals surface area contributed by atoms with Gasteiger partial charge in [-0.25, -0.2) is 0 Å². The van der Waals surface area contributed by atoms with Crippen molar-refractivity contribution in [2.45, 2.75) is 33.1 Å². The molecule has 0 heterocycles. The number of para-hydroxylation sites is 1. The minimum absolute atomic E-state index is 0.234. The van der Waals surface area contributed by atoms with Gasteiger partial charge in [-0.2, -0.15) is 0 Å². The normalized spacial score (nSPS) is 12.0. The summed E-state index contributed by atoms with van der Waals surface area (Å²) in [5, 5.41) is 0. The Morgan fingerprint density at radius 3 is 2.30 bits per heavy atom. The number of nitrogens with two attached hydrogens (primary N) is 1. The van der Waals surface area contributed by atoms with E-state index in [4.69, 9.17) is 15.2 Å². The third-order valence-corrected chi connectivity index (χ3v) is 4.18. The van der Waals surface area contributed by atoms with E-state index in [1.807, 2.05) is 18.2 Å². The maximum atomic E-state index is 6.05. The topological polar surface area (TPSA) is 44.5 Å². The highest BCUT2D eigenvalue weighted by Crippen LogP contribution is 2.29. The van der Waals surface area contributed by atoms with Gasteiger partial charge in [-0.1, -0.05) is 35.9 Å². The first-order chi connectivity index (χ1) is 11.1. The number of rotatable bonds is 7. The van der Waals surface area contributed by atoms with Crippen LogP contribution in [0.5, 0.6) is 11.5 Å². The maximum absolute atomic E-state index is 6.05. The van der Waals surface area contributed by atoms with Gasteiger partial charge in [0.25, 0.3) is 0 Å². The lowest BCUT2D eigenvalue weighted by atomic mass is 9.95. The molecule has 0 bridgehead atoms. The zero-order valence-corrected chi connectivity index (χ0v) is 14.6. The van der Waals surface area contributed by atoms with Gasteiger partial charge < -0.3 is 15.2 Å². The van der Waals surface area contributed by atoms with Crippen molar-refractivity contribution in [1.82, 2.24) is 0 Å². The van der Waals surface area contributed by atoms with Crippen molar-refractivity contribution < 1.29 is 9.47 Å². The SMILES string of the molecule is COc1ccccc1C(CN)CCOc1c(C)cc(C)cc1C.